The molecule has 0 aliphatic heterocycles. The van der Waals surface area contributed by atoms with Crippen LogP contribution in [0.4, 0.5) is 4.39 Å². The molecule has 0 saturated carbocycles. The summed E-state index contributed by atoms with van der Waals surface area (Å²) in [4.78, 5) is 22.6. The highest BCUT2D eigenvalue weighted by Crippen LogP contribution is 2.26. The Balaban J connectivity index is 2.98. The molecule has 0 unspecified atom stereocenters. The number of nitrogens with zero attached hydrogens (tertiary/aromatic N) is 1. The molecule has 0 amide bonds. The Hall–Kier alpha value is -2.17. The largest absolute Gasteiger partial charge is 0.477 e. The van der Waals surface area contributed by atoms with E-state index in [2.05, 4.69) is 0 Å². The summed E-state index contributed by atoms with van der Waals surface area (Å²) >= 11 is 0. The third-order valence-electron chi connectivity index (χ3n) is 2.72. The van der Waals surface area contributed by atoms with E-state index in [1.54, 1.807) is 0 Å². The van der Waals surface area contributed by atoms with Crippen LogP contribution in [0.5, 0.6) is 0 Å². The molecule has 1 heterocycles. The van der Waals surface area contributed by atoms with Crippen LogP contribution in [0.15, 0.2) is 18.2 Å². The summed E-state index contributed by atoms with van der Waals surface area (Å²) in [5, 5.41) is 9.56. The normalized spacial score (nSPS) is 10.8. The zero-order chi connectivity index (χ0) is 12.7. The van der Waals surface area contributed by atoms with Crippen molar-refractivity contribution in [1.82, 2.24) is 4.57 Å². The van der Waals surface area contributed by atoms with Gasteiger partial charge in [-0.15, -0.1) is 0 Å². The van der Waals surface area contributed by atoms with Gasteiger partial charge in [-0.25, -0.2) is 9.18 Å². The SMILES string of the molecule is CC(=O)c1c(C(=O)O)n(C)c2cc(F)ccc12. The average Bonchev–Trinajstić information content (AvgIpc) is 2.52. The monoisotopic (exact) mass is 235 g/mol. The van der Waals surface area contributed by atoms with Gasteiger partial charge in [-0.1, -0.05) is 0 Å². The number of rotatable bonds is 2. The highest BCUT2D eigenvalue weighted by Gasteiger charge is 2.23. The first-order chi connectivity index (χ1) is 7.93. The summed E-state index contributed by atoms with van der Waals surface area (Å²) in [5.74, 6) is -2.01. The van der Waals surface area contributed by atoms with Crippen molar-refractivity contribution in [1.29, 1.82) is 0 Å². The zero-order valence-corrected chi connectivity index (χ0v) is 9.32. The van der Waals surface area contributed by atoms with Crippen molar-refractivity contribution in [2.24, 2.45) is 7.05 Å². The predicted molar refractivity (Wildman–Crippen MR) is 59.8 cm³/mol. The molecule has 5 heteroatoms. The van der Waals surface area contributed by atoms with E-state index in [0.29, 0.717) is 10.9 Å². The number of carbonyl (C=O) groups is 2. The fourth-order valence-electron chi connectivity index (χ4n) is 2.02. The summed E-state index contributed by atoms with van der Waals surface area (Å²) in [6.07, 6.45) is 0. The van der Waals surface area contributed by atoms with Crippen LogP contribution >= 0.6 is 0 Å². The van der Waals surface area contributed by atoms with E-state index >= 15 is 0 Å². The maximum Gasteiger partial charge on any atom is 0.353 e. The predicted octanol–water partition coefficient (Wildman–Crippen LogP) is 2.22. The summed E-state index contributed by atoms with van der Waals surface area (Å²) in [7, 11) is 1.50. The summed E-state index contributed by atoms with van der Waals surface area (Å²) < 4.78 is 14.4. The molecule has 0 atom stereocenters. The standard InChI is InChI=1S/C12H10FNO3/c1-6(15)10-8-4-3-7(13)5-9(8)14(2)11(10)12(16)17/h3-5H,1-2H3,(H,16,17). The summed E-state index contributed by atoms with van der Waals surface area (Å²) in [6, 6.07) is 3.85. The second-order valence-electron chi connectivity index (χ2n) is 3.81. The van der Waals surface area contributed by atoms with Gasteiger partial charge in [0.25, 0.3) is 0 Å². The van der Waals surface area contributed by atoms with Crippen LogP contribution < -0.4 is 0 Å². The van der Waals surface area contributed by atoms with Crippen molar-refractivity contribution in [3.8, 4) is 0 Å². The van der Waals surface area contributed by atoms with Crippen LogP contribution in [0.2, 0.25) is 0 Å². The number of aryl methyl sites for hydroxylation is 1. The number of aromatic nitrogens is 1. The number of benzene rings is 1. The molecule has 4 nitrogen and oxygen atoms in total. The Morgan fingerprint density at radius 3 is 2.53 bits per heavy atom. The molecular formula is C12H10FNO3. The first-order valence-corrected chi connectivity index (χ1v) is 4.95. The van der Waals surface area contributed by atoms with Gasteiger partial charge >= 0.3 is 5.97 Å². The van der Waals surface area contributed by atoms with Gasteiger partial charge in [0, 0.05) is 12.4 Å². The number of ketones is 1. The second kappa shape index (κ2) is 3.69. The van der Waals surface area contributed by atoms with E-state index in [1.165, 1.54) is 36.7 Å². The number of halogens is 1. The highest BCUT2D eigenvalue weighted by atomic mass is 19.1. The van der Waals surface area contributed by atoms with Crippen molar-refractivity contribution in [2.75, 3.05) is 0 Å². The number of carboxylic acid groups (broad SMARTS) is 1. The second-order valence-corrected chi connectivity index (χ2v) is 3.81. The molecule has 88 valence electrons. The van der Waals surface area contributed by atoms with E-state index in [9.17, 15) is 14.0 Å². The lowest BCUT2D eigenvalue weighted by Gasteiger charge is -1.99. The van der Waals surface area contributed by atoms with Crippen molar-refractivity contribution in [3.05, 3.63) is 35.3 Å². The maximum atomic E-state index is 13.1. The maximum absolute atomic E-state index is 13.1. The van der Waals surface area contributed by atoms with Crippen molar-refractivity contribution in [2.45, 2.75) is 6.92 Å². The zero-order valence-electron chi connectivity index (χ0n) is 9.32. The minimum absolute atomic E-state index is 0.113. The van der Waals surface area contributed by atoms with Crippen LogP contribution in [0.25, 0.3) is 10.9 Å². The van der Waals surface area contributed by atoms with Gasteiger partial charge in [0.2, 0.25) is 0 Å². The van der Waals surface area contributed by atoms with Crippen LogP contribution in [0, 0.1) is 5.82 Å². The molecule has 17 heavy (non-hydrogen) atoms. The van der Waals surface area contributed by atoms with Crippen molar-refractivity contribution in [3.63, 3.8) is 0 Å². The molecular weight excluding hydrogens is 225 g/mol. The van der Waals surface area contributed by atoms with Gasteiger partial charge in [0.1, 0.15) is 11.5 Å². The lowest BCUT2D eigenvalue weighted by molar-refractivity contribution is 0.0682. The number of carbonyl (C=O) groups excluding carboxylic acids is 1. The number of aromatic carboxylic acids is 1. The molecule has 0 aliphatic rings. The van der Waals surface area contributed by atoms with E-state index in [-0.39, 0.29) is 17.0 Å². The minimum Gasteiger partial charge on any atom is -0.477 e. The molecule has 2 rings (SSSR count). The first-order valence-electron chi connectivity index (χ1n) is 4.95. The molecule has 1 aromatic heterocycles. The molecule has 1 aromatic carbocycles. The summed E-state index contributed by atoms with van der Waals surface area (Å²) in [6.45, 7) is 1.30. The number of fused-ring (bicyclic) bond motifs is 1. The molecule has 0 bridgehead atoms. The molecule has 1 N–H and O–H groups in total. The summed E-state index contributed by atoms with van der Waals surface area (Å²) in [5.41, 5.74) is 0.403. The van der Waals surface area contributed by atoms with E-state index in [1.807, 2.05) is 0 Å². The van der Waals surface area contributed by atoms with E-state index < -0.39 is 11.8 Å². The molecule has 0 spiro atoms. The van der Waals surface area contributed by atoms with Gasteiger partial charge in [0.15, 0.2) is 5.78 Å². The van der Waals surface area contributed by atoms with Gasteiger partial charge in [-0.05, 0) is 25.1 Å². The lowest BCUT2D eigenvalue weighted by Crippen LogP contribution is -2.09. The van der Waals surface area contributed by atoms with Crippen LogP contribution in [-0.2, 0) is 7.05 Å². The van der Waals surface area contributed by atoms with Crippen molar-refractivity contribution < 1.29 is 19.1 Å². The lowest BCUT2D eigenvalue weighted by atomic mass is 10.1. The quantitative estimate of drug-likeness (QED) is 0.812. The Morgan fingerprint density at radius 1 is 1.35 bits per heavy atom. The van der Waals surface area contributed by atoms with Gasteiger partial charge in [-0.2, -0.15) is 0 Å². The smallest absolute Gasteiger partial charge is 0.353 e. The molecule has 0 fully saturated rings. The number of Topliss-reactive ketones (excluding diaryl/α,β-unsaturated/α-hetero) is 1. The number of hydrogen-bond acceptors (Lipinski definition) is 2. The Bertz CT molecular complexity index is 643. The van der Waals surface area contributed by atoms with Gasteiger partial charge in [0.05, 0.1) is 11.1 Å². The fraction of sp³-hybridized carbons (Fsp3) is 0.167. The molecule has 2 aromatic rings. The van der Waals surface area contributed by atoms with E-state index in [4.69, 9.17) is 5.11 Å². The van der Waals surface area contributed by atoms with E-state index in [0.717, 1.165) is 0 Å². The fourth-order valence-corrected chi connectivity index (χ4v) is 2.02. The Kier molecular flexibility index (Phi) is 2.46. The van der Waals surface area contributed by atoms with Gasteiger partial charge in [-0.3, -0.25) is 4.79 Å². The molecule has 0 aliphatic carbocycles. The Labute approximate surface area is 96.3 Å². The van der Waals surface area contributed by atoms with Crippen molar-refractivity contribution >= 4 is 22.7 Å². The number of hydrogen-bond donors (Lipinski definition) is 1. The first kappa shape index (κ1) is 11.3. The van der Waals surface area contributed by atoms with Crippen LogP contribution in [0.3, 0.4) is 0 Å². The molecule has 0 saturated heterocycles. The van der Waals surface area contributed by atoms with Gasteiger partial charge < -0.3 is 9.67 Å². The van der Waals surface area contributed by atoms with Crippen LogP contribution in [0.1, 0.15) is 27.8 Å². The average molecular weight is 235 g/mol. The highest BCUT2D eigenvalue weighted by molar-refractivity contribution is 6.14. The molecule has 0 radical (unpaired) electrons. The van der Waals surface area contributed by atoms with Crippen LogP contribution in [-0.4, -0.2) is 21.4 Å². The Morgan fingerprint density at radius 2 is 2.00 bits per heavy atom. The minimum atomic E-state index is -1.20. The third-order valence-corrected chi connectivity index (χ3v) is 2.72. The number of carboxylic acids is 1. The third kappa shape index (κ3) is 1.60. The topological polar surface area (TPSA) is 59.3 Å².